The number of furan rings is 1. The summed E-state index contributed by atoms with van der Waals surface area (Å²) in [5, 5.41) is 3.49. The van der Waals surface area contributed by atoms with Crippen molar-refractivity contribution < 1.29 is 27.1 Å². The monoisotopic (exact) mass is 463 g/mol. The lowest BCUT2D eigenvalue weighted by Crippen LogP contribution is -2.47. The molecular weight excluding hydrogens is 430 g/mol. The summed E-state index contributed by atoms with van der Waals surface area (Å²) >= 11 is 0. The van der Waals surface area contributed by atoms with E-state index in [0.29, 0.717) is 17.4 Å². The van der Waals surface area contributed by atoms with Crippen LogP contribution >= 0.6 is 0 Å². The molecule has 8 heteroatoms. The van der Waals surface area contributed by atoms with E-state index in [1.807, 2.05) is 12.1 Å². The van der Waals surface area contributed by atoms with Crippen LogP contribution in [0.2, 0.25) is 0 Å². The highest BCUT2D eigenvalue weighted by molar-refractivity contribution is 7.93. The second kappa shape index (κ2) is 10.1. The molecule has 1 aliphatic heterocycles. The highest BCUT2D eigenvalue weighted by atomic mass is 32.2. The van der Waals surface area contributed by atoms with Crippen molar-refractivity contribution in [3.05, 3.63) is 47.9 Å². The van der Waals surface area contributed by atoms with E-state index in [9.17, 15) is 13.2 Å². The Labute approximate surface area is 190 Å². The van der Waals surface area contributed by atoms with Crippen molar-refractivity contribution in [2.24, 2.45) is 0 Å². The molecule has 3 unspecified atom stereocenters. The highest BCUT2D eigenvalue weighted by Gasteiger charge is 2.49. The van der Waals surface area contributed by atoms with Crippen molar-refractivity contribution in [2.45, 2.75) is 75.2 Å². The van der Waals surface area contributed by atoms with Crippen molar-refractivity contribution in [2.75, 3.05) is 13.2 Å². The number of carbonyl (C=O) groups excluding carboxylic acids is 1. The van der Waals surface area contributed by atoms with Gasteiger partial charge in [-0.05, 0) is 70.8 Å². The fourth-order valence-electron chi connectivity index (χ4n) is 4.11. The Morgan fingerprint density at radius 1 is 1.25 bits per heavy atom. The summed E-state index contributed by atoms with van der Waals surface area (Å²) in [6, 6.07) is 8.92. The molecule has 176 valence electrons. The van der Waals surface area contributed by atoms with Gasteiger partial charge in [-0.25, -0.2) is 8.42 Å². The van der Waals surface area contributed by atoms with Crippen LogP contribution in [0.3, 0.4) is 0 Å². The summed E-state index contributed by atoms with van der Waals surface area (Å²) in [7, 11) is -4.06. The van der Waals surface area contributed by atoms with E-state index in [1.165, 1.54) is 32.1 Å². The molecule has 0 bridgehead atoms. The zero-order valence-electron chi connectivity index (χ0n) is 19.2. The van der Waals surface area contributed by atoms with E-state index in [0.717, 1.165) is 13.0 Å². The van der Waals surface area contributed by atoms with E-state index in [4.69, 9.17) is 13.9 Å². The summed E-state index contributed by atoms with van der Waals surface area (Å²) in [4.78, 5) is 12.8. The maximum atomic E-state index is 13.5. The number of rotatable bonds is 9. The largest absolute Gasteiger partial charge is 0.489 e. The van der Waals surface area contributed by atoms with Gasteiger partial charge in [0.1, 0.15) is 22.5 Å². The van der Waals surface area contributed by atoms with Crippen LogP contribution < -0.4 is 10.1 Å². The Morgan fingerprint density at radius 3 is 2.53 bits per heavy atom. The number of ether oxygens (including phenoxy) is 2. The van der Waals surface area contributed by atoms with Crippen LogP contribution in [0.1, 0.15) is 51.4 Å². The Morgan fingerprint density at radius 2 is 1.97 bits per heavy atom. The molecular formula is C24H33NO6S. The SMILES string of the molecule is CCOC(=O)C(C)(Cc1ccc(OC(C)C2CCCCN2)cc1)S(=O)(=O)c1ccoc1C. The standard InChI is InChI=1S/C24H33NO6S/c1-5-29-23(26)24(4,32(27,28)22-13-15-30-18(22)3)16-19-9-11-20(12-10-19)31-17(2)21-8-6-7-14-25-21/h9-13,15,17,21,25H,5-8,14,16H2,1-4H3. The number of aryl methyl sites for hydroxylation is 1. The van der Waals surface area contributed by atoms with Crippen LogP contribution in [0.5, 0.6) is 5.75 Å². The van der Waals surface area contributed by atoms with E-state index >= 15 is 0 Å². The van der Waals surface area contributed by atoms with Crippen LogP contribution in [0.4, 0.5) is 0 Å². The van der Waals surface area contributed by atoms with Crippen LogP contribution in [0.25, 0.3) is 0 Å². The molecule has 0 radical (unpaired) electrons. The van der Waals surface area contributed by atoms with Gasteiger partial charge in [0.05, 0.1) is 12.9 Å². The minimum Gasteiger partial charge on any atom is -0.489 e. The first-order chi connectivity index (χ1) is 15.2. The van der Waals surface area contributed by atoms with Crippen LogP contribution in [0, 0.1) is 6.92 Å². The smallest absolute Gasteiger partial charge is 0.327 e. The Kier molecular flexibility index (Phi) is 7.67. The van der Waals surface area contributed by atoms with Crippen LogP contribution in [-0.4, -0.2) is 44.4 Å². The molecule has 3 atom stereocenters. The highest BCUT2D eigenvalue weighted by Crippen LogP contribution is 2.33. The molecule has 1 aromatic heterocycles. The fourth-order valence-corrected chi connectivity index (χ4v) is 5.89. The molecule has 2 aromatic rings. The number of benzene rings is 1. The van der Waals surface area contributed by atoms with Crippen molar-refractivity contribution in [1.29, 1.82) is 0 Å². The van der Waals surface area contributed by atoms with Gasteiger partial charge in [-0.15, -0.1) is 0 Å². The van der Waals surface area contributed by atoms with Gasteiger partial charge >= 0.3 is 5.97 Å². The molecule has 2 heterocycles. The van der Waals surface area contributed by atoms with E-state index < -0.39 is 20.6 Å². The molecule has 1 aromatic carbocycles. The molecule has 0 aliphatic carbocycles. The van der Waals surface area contributed by atoms with Crippen LogP contribution in [0.15, 0.2) is 45.9 Å². The minimum absolute atomic E-state index is 0.00168. The first kappa shape index (κ1) is 24.3. The molecule has 0 amide bonds. The van der Waals surface area contributed by atoms with Gasteiger partial charge in [-0.3, -0.25) is 4.79 Å². The van der Waals surface area contributed by atoms with Crippen molar-refractivity contribution >= 4 is 15.8 Å². The molecule has 0 saturated carbocycles. The predicted octanol–water partition coefficient (Wildman–Crippen LogP) is 3.84. The number of piperidine rings is 1. The lowest BCUT2D eigenvalue weighted by atomic mass is 9.99. The Balaban J connectivity index is 1.81. The third kappa shape index (κ3) is 5.02. The van der Waals surface area contributed by atoms with Gasteiger partial charge in [-0.2, -0.15) is 0 Å². The second-order valence-electron chi connectivity index (χ2n) is 8.50. The molecule has 0 spiro atoms. The van der Waals surface area contributed by atoms with Crippen molar-refractivity contribution in [3.8, 4) is 5.75 Å². The minimum atomic E-state index is -4.06. The molecule has 1 saturated heterocycles. The van der Waals surface area contributed by atoms with Gasteiger partial charge in [0.15, 0.2) is 14.6 Å². The lowest BCUT2D eigenvalue weighted by molar-refractivity contribution is -0.145. The molecule has 7 nitrogen and oxygen atoms in total. The van der Waals surface area contributed by atoms with Gasteiger partial charge in [0.25, 0.3) is 0 Å². The third-order valence-corrected chi connectivity index (χ3v) is 8.60. The molecule has 1 aliphatic rings. The first-order valence-electron chi connectivity index (χ1n) is 11.1. The number of hydrogen-bond donors (Lipinski definition) is 1. The van der Waals surface area contributed by atoms with Gasteiger partial charge < -0.3 is 19.2 Å². The predicted molar refractivity (Wildman–Crippen MR) is 122 cm³/mol. The number of nitrogens with one attached hydrogen (secondary N) is 1. The van der Waals surface area contributed by atoms with E-state index in [1.54, 1.807) is 26.0 Å². The van der Waals surface area contributed by atoms with Crippen LogP contribution in [-0.2, 0) is 25.8 Å². The first-order valence-corrected chi connectivity index (χ1v) is 12.6. The number of sulfone groups is 1. The maximum Gasteiger partial charge on any atom is 0.327 e. The summed E-state index contributed by atoms with van der Waals surface area (Å²) in [6.07, 6.45) is 4.78. The summed E-state index contributed by atoms with van der Waals surface area (Å²) in [6.45, 7) is 7.78. The fraction of sp³-hybridized carbons (Fsp3) is 0.542. The van der Waals surface area contributed by atoms with Gasteiger partial charge in [-0.1, -0.05) is 18.6 Å². The number of esters is 1. The summed E-state index contributed by atoms with van der Waals surface area (Å²) in [5.41, 5.74) is 0.695. The average Bonchev–Trinajstić information content (AvgIpc) is 3.22. The van der Waals surface area contributed by atoms with Gasteiger partial charge in [0, 0.05) is 12.5 Å². The van der Waals surface area contributed by atoms with Gasteiger partial charge in [0.2, 0.25) is 0 Å². The normalized spacial score (nSPS) is 19.7. The van der Waals surface area contributed by atoms with E-state index in [2.05, 4.69) is 12.2 Å². The maximum absolute atomic E-state index is 13.5. The van der Waals surface area contributed by atoms with Crippen molar-refractivity contribution in [3.63, 3.8) is 0 Å². The zero-order chi connectivity index (χ0) is 23.4. The molecule has 32 heavy (non-hydrogen) atoms. The molecule has 1 N–H and O–H groups in total. The number of carbonyl (C=O) groups is 1. The Hall–Kier alpha value is -2.32. The molecule has 1 fully saturated rings. The number of hydrogen-bond acceptors (Lipinski definition) is 7. The second-order valence-corrected chi connectivity index (χ2v) is 10.8. The lowest BCUT2D eigenvalue weighted by Gasteiger charge is -2.29. The van der Waals surface area contributed by atoms with Crippen molar-refractivity contribution in [1.82, 2.24) is 5.32 Å². The Bertz CT molecular complexity index is 1010. The quantitative estimate of drug-likeness (QED) is 0.565. The zero-order valence-corrected chi connectivity index (χ0v) is 20.0. The van der Waals surface area contributed by atoms with E-state index in [-0.39, 0.29) is 29.8 Å². The third-order valence-electron chi connectivity index (χ3n) is 6.10. The summed E-state index contributed by atoms with van der Waals surface area (Å²) in [5.74, 6) is 0.174. The average molecular weight is 464 g/mol. The topological polar surface area (TPSA) is 94.8 Å². The molecule has 3 rings (SSSR count). The summed E-state index contributed by atoms with van der Waals surface area (Å²) < 4.78 is 41.5.